The molecule has 0 aromatic heterocycles. The lowest BCUT2D eigenvalue weighted by Gasteiger charge is -2.19. The number of nitrogens with two attached hydrogens (primary N) is 1. The molecule has 0 bridgehead atoms. The lowest BCUT2D eigenvalue weighted by Crippen LogP contribution is -2.12. The van der Waals surface area contributed by atoms with Gasteiger partial charge in [-0.3, -0.25) is 5.14 Å². The molecule has 0 aromatic carbocycles. The van der Waals surface area contributed by atoms with Gasteiger partial charge >= 0.3 is 0 Å². The molecule has 0 aromatic rings. The van der Waals surface area contributed by atoms with Crippen molar-refractivity contribution in [2.75, 3.05) is 0 Å². The van der Waals surface area contributed by atoms with E-state index in [1.807, 2.05) is 0 Å². The van der Waals surface area contributed by atoms with Crippen molar-refractivity contribution in [1.82, 2.24) is 0 Å². The Bertz CT molecular complexity index is 182. The summed E-state index contributed by atoms with van der Waals surface area (Å²) in [5, 5.41) is 5.68. The van der Waals surface area contributed by atoms with Crippen LogP contribution in [0, 0.1) is 0 Å². The minimum absolute atomic E-state index is 0.417. The molecule has 0 atom stereocenters. The molecule has 0 saturated heterocycles. The van der Waals surface area contributed by atoms with Crippen molar-refractivity contribution in [1.29, 1.82) is 0 Å². The predicted octanol–water partition coefficient (Wildman–Crippen LogP) is 2.63. The Morgan fingerprint density at radius 1 is 1.36 bits per heavy atom. The third-order valence-electron chi connectivity index (χ3n) is 2.81. The molecule has 2 aliphatic rings. The van der Waals surface area contributed by atoms with Crippen LogP contribution in [0.4, 0.5) is 0 Å². The number of hydrogen-bond donors (Lipinski definition) is 1. The highest BCUT2D eigenvalue weighted by Crippen LogP contribution is 2.53. The molecule has 0 spiro atoms. The second-order valence-electron chi connectivity index (χ2n) is 3.59. The first-order chi connectivity index (χ1) is 5.37. The first-order valence-electron chi connectivity index (χ1n) is 4.45. The zero-order valence-corrected chi connectivity index (χ0v) is 7.62. The van der Waals surface area contributed by atoms with E-state index in [-0.39, 0.29) is 0 Å². The molecule has 0 aliphatic heterocycles. The van der Waals surface area contributed by atoms with Crippen LogP contribution in [-0.2, 0) is 0 Å². The highest BCUT2D eigenvalue weighted by atomic mass is 32.2. The Hall–Kier alpha value is 0.0500. The number of rotatable bonds is 2. The molecule has 11 heavy (non-hydrogen) atoms. The van der Waals surface area contributed by atoms with Gasteiger partial charge in [0.05, 0.1) is 4.75 Å². The first-order valence-corrected chi connectivity index (χ1v) is 5.33. The summed E-state index contributed by atoms with van der Waals surface area (Å²) >= 11 is 1.58. The highest BCUT2D eigenvalue weighted by Gasteiger charge is 2.45. The summed E-state index contributed by atoms with van der Waals surface area (Å²) in [6.45, 7) is 0. The van der Waals surface area contributed by atoms with Crippen LogP contribution < -0.4 is 5.14 Å². The minimum atomic E-state index is 0.417. The van der Waals surface area contributed by atoms with E-state index in [0.717, 1.165) is 0 Å². The zero-order chi connectivity index (χ0) is 7.73. The van der Waals surface area contributed by atoms with Gasteiger partial charge in [0.15, 0.2) is 0 Å². The van der Waals surface area contributed by atoms with Gasteiger partial charge in [-0.1, -0.05) is 23.6 Å². The van der Waals surface area contributed by atoms with Crippen molar-refractivity contribution < 1.29 is 0 Å². The van der Waals surface area contributed by atoms with Crippen LogP contribution in [0.3, 0.4) is 0 Å². The molecule has 0 amide bonds. The fourth-order valence-electron chi connectivity index (χ4n) is 1.88. The van der Waals surface area contributed by atoms with Crippen LogP contribution in [0.15, 0.2) is 11.6 Å². The minimum Gasteiger partial charge on any atom is -0.277 e. The smallest absolute Gasteiger partial charge is 0.0512 e. The lowest BCUT2D eigenvalue weighted by molar-refractivity contribution is 0.679. The fraction of sp³-hybridized carbons (Fsp3) is 0.778. The quantitative estimate of drug-likeness (QED) is 0.508. The molecular weight excluding hydrogens is 154 g/mol. The van der Waals surface area contributed by atoms with Crippen molar-refractivity contribution in [3.05, 3.63) is 11.6 Å². The van der Waals surface area contributed by atoms with Gasteiger partial charge < -0.3 is 0 Å². The molecule has 1 nitrogen and oxygen atoms in total. The lowest BCUT2D eigenvalue weighted by atomic mass is 9.96. The molecule has 62 valence electrons. The molecule has 0 radical (unpaired) electrons. The molecule has 2 aliphatic carbocycles. The summed E-state index contributed by atoms with van der Waals surface area (Å²) in [5.41, 5.74) is 1.65. The second-order valence-corrected chi connectivity index (χ2v) is 4.60. The first kappa shape index (κ1) is 7.69. The Morgan fingerprint density at radius 3 is 2.64 bits per heavy atom. The molecule has 2 rings (SSSR count). The Morgan fingerprint density at radius 2 is 2.18 bits per heavy atom. The van der Waals surface area contributed by atoms with E-state index in [9.17, 15) is 0 Å². The summed E-state index contributed by atoms with van der Waals surface area (Å²) in [7, 11) is 0. The zero-order valence-electron chi connectivity index (χ0n) is 6.81. The van der Waals surface area contributed by atoms with Gasteiger partial charge in [0, 0.05) is 0 Å². The molecule has 0 unspecified atom stereocenters. The van der Waals surface area contributed by atoms with E-state index in [4.69, 9.17) is 5.14 Å². The Labute approximate surface area is 72.6 Å². The van der Waals surface area contributed by atoms with E-state index < -0.39 is 0 Å². The molecular formula is C9H15NS. The van der Waals surface area contributed by atoms with Gasteiger partial charge in [0.25, 0.3) is 0 Å². The SMILES string of the molecule is NSC1(C2=CCCCC2)CC1. The van der Waals surface area contributed by atoms with Crippen LogP contribution in [0.5, 0.6) is 0 Å². The molecule has 1 fully saturated rings. The Kier molecular flexibility index (Phi) is 1.98. The monoisotopic (exact) mass is 169 g/mol. The van der Waals surface area contributed by atoms with Crippen molar-refractivity contribution >= 4 is 11.9 Å². The molecule has 0 heterocycles. The number of hydrogen-bond acceptors (Lipinski definition) is 2. The largest absolute Gasteiger partial charge is 0.277 e. The maximum atomic E-state index is 5.68. The average molecular weight is 169 g/mol. The van der Waals surface area contributed by atoms with Crippen LogP contribution in [-0.4, -0.2) is 4.75 Å². The van der Waals surface area contributed by atoms with E-state index >= 15 is 0 Å². The van der Waals surface area contributed by atoms with Gasteiger partial charge in [-0.15, -0.1) is 0 Å². The van der Waals surface area contributed by atoms with Gasteiger partial charge in [-0.25, -0.2) is 0 Å². The summed E-state index contributed by atoms with van der Waals surface area (Å²) in [6.07, 6.45) is 10.4. The summed E-state index contributed by atoms with van der Waals surface area (Å²) in [4.78, 5) is 0. The third kappa shape index (κ3) is 1.34. The summed E-state index contributed by atoms with van der Waals surface area (Å²) in [6, 6.07) is 0. The predicted molar refractivity (Wildman–Crippen MR) is 50.3 cm³/mol. The summed E-state index contributed by atoms with van der Waals surface area (Å²) < 4.78 is 0.417. The fourth-order valence-corrected chi connectivity index (χ4v) is 2.55. The van der Waals surface area contributed by atoms with Crippen LogP contribution in [0.2, 0.25) is 0 Å². The molecule has 2 N–H and O–H groups in total. The maximum Gasteiger partial charge on any atom is 0.0512 e. The van der Waals surface area contributed by atoms with Gasteiger partial charge in [-0.05, 0) is 38.5 Å². The number of allylic oxidation sites excluding steroid dienone is 1. The van der Waals surface area contributed by atoms with Crippen LogP contribution in [0.1, 0.15) is 38.5 Å². The molecule has 2 heteroatoms. The standard InChI is InChI=1S/C9H15NS/c10-11-9(6-7-9)8-4-2-1-3-5-8/h4H,1-3,5-7,10H2. The van der Waals surface area contributed by atoms with Gasteiger partial charge in [0.2, 0.25) is 0 Å². The topological polar surface area (TPSA) is 26.0 Å². The Balaban J connectivity index is 2.08. The van der Waals surface area contributed by atoms with E-state index in [1.54, 1.807) is 17.5 Å². The van der Waals surface area contributed by atoms with E-state index in [2.05, 4.69) is 6.08 Å². The highest BCUT2D eigenvalue weighted by molar-refractivity contribution is 7.99. The van der Waals surface area contributed by atoms with Crippen molar-refractivity contribution in [2.45, 2.75) is 43.3 Å². The normalized spacial score (nSPS) is 27.9. The van der Waals surface area contributed by atoms with Crippen molar-refractivity contribution in [3.8, 4) is 0 Å². The third-order valence-corrected chi connectivity index (χ3v) is 3.93. The molecule has 1 saturated carbocycles. The van der Waals surface area contributed by atoms with Gasteiger partial charge in [0.1, 0.15) is 0 Å². The maximum absolute atomic E-state index is 5.68. The summed E-state index contributed by atoms with van der Waals surface area (Å²) in [5.74, 6) is 0. The van der Waals surface area contributed by atoms with Crippen LogP contribution >= 0.6 is 11.9 Å². The van der Waals surface area contributed by atoms with E-state index in [0.29, 0.717) is 4.75 Å². The van der Waals surface area contributed by atoms with Crippen LogP contribution in [0.25, 0.3) is 0 Å². The van der Waals surface area contributed by atoms with Crippen molar-refractivity contribution in [2.24, 2.45) is 5.14 Å². The second kappa shape index (κ2) is 2.83. The average Bonchev–Trinajstić information content (AvgIpc) is 2.86. The van der Waals surface area contributed by atoms with Crippen molar-refractivity contribution in [3.63, 3.8) is 0 Å². The van der Waals surface area contributed by atoms with E-state index in [1.165, 1.54) is 38.5 Å². The van der Waals surface area contributed by atoms with Gasteiger partial charge in [-0.2, -0.15) is 0 Å².